The van der Waals surface area contributed by atoms with E-state index in [1.54, 1.807) is 0 Å². The normalized spacial score (nSPS) is 13.9. The minimum Gasteiger partial charge on any atom is -0.357 e. The van der Waals surface area contributed by atoms with E-state index in [2.05, 4.69) is 44.4 Å². The fourth-order valence-corrected chi connectivity index (χ4v) is 3.37. The van der Waals surface area contributed by atoms with Gasteiger partial charge in [0.05, 0.1) is 6.54 Å². The van der Waals surface area contributed by atoms with Crippen LogP contribution in [0.25, 0.3) is 10.9 Å². The molecule has 0 fully saturated rings. The summed E-state index contributed by atoms with van der Waals surface area (Å²) in [5.74, 6) is 0. The van der Waals surface area contributed by atoms with Gasteiger partial charge in [-0.1, -0.05) is 34.1 Å². The van der Waals surface area contributed by atoms with Gasteiger partial charge in [-0.3, -0.25) is 0 Å². The molecule has 116 valence electrons. The van der Waals surface area contributed by atoms with Gasteiger partial charge < -0.3 is 15.2 Å². The van der Waals surface area contributed by atoms with Crippen LogP contribution in [0.1, 0.15) is 11.3 Å². The van der Waals surface area contributed by atoms with Gasteiger partial charge in [0.25, 0.3) is 0 Å². The molecular weight excluding hydrogens is 354 g/mol. The number of rotatable bonds is 1. The number of para-hydroxylation sites is 1. The van der Waals surface area contributed by atoms with E-state index in [0.717, 1.165) is 34.3 Å². The van der Waals surface area contributed by atoms with Crippen LogP contribution in [0.4, 0.5) is 10.5 Å². The van der Waals surface area contributed by atoms with Crippen molar-refractivity contribution in [3.05, 3.63) is 64.3 Å². The average molecular weight is 370 g/mol. The molecule has 4 rings (SSSR count). The molecule has 23 heavy (non-hydrogen) atoms. The molecule has 1 aliphatic heterocycles. The number of hydrogen-bond donors (Lipinski definition) is 2. The third kappa shape index (κ3) is 2.72. The number of fused-ring (bicyclic) bond motifs is 3. The number of benzene rings is 2. The maximum Gasteiger partial charge on any atom is 0.322 e. The summed E-state index contributed by atoms with van der Waals surface area (Å²) in [7, 11) is 0. The molecule has 2 amide bonds. The second kappa shape index (κ2) is 5.74. The lowest BCUT2D eigenvalue weighted by Crippen LogP contribution is -2.38. The van der Waals surface area contributed by atoms with Crippen LogP contribution in [0.3, 0.4) is 0 Å². The molecule has 5 heteroatoms. The summed E-state index contributed by atoms with van der Waals surface area (Å²) in [6.07, 6.45) is 0.882. The predicted molar refractivity (Wildman–Crippen MR) is 95.6 cm³/mol. The Morgan fingerprint density at radius 3 is 2.74 bits per heavy atom. The van der Waals surface area contributed by atoms with Crippen molar-refractivity contribution in [2.75, 3.05) is 11.9 Å². The van der Waals surface area contributed by atoms with E-state index >= 15 is 0 Å². The van der Waals surface area contributed by atoms with E-state index in [1.165, 1.54) is 10.9 Å². The Bertz CT molecular complexity index is 870. The molecular formula is C18H16BrN3O. The molecule has 0 saturated carbocycles. The Labute approximate surface area is 142 Å². The lowest BCUT2D eigenvalue weighted by Gasteiger charge is -2.27. The Hall–Kier alpha value is -2.27. The van der Waals surface area contributed by atoms with Gasteiger partial charge in [0.1, 0.15) is 0 Å². The number of anilines is 1. The molecule has 0 spiro atoms. The summed E-state index contributed by atoms with van der Waals surface area (Å²) in [5, 5.41) is 4.23. The molecule has 3 aromatic rings. The number of H-pyrrole nitrogens is 1. The Morgan fingerprint density at radius 2 is 1.91 bits per heavy atom. The number of carbonyl (C=O) groups is 1. The first kappa shape index (κ1) is 14.3. The van der Waals surface area contributed by atoms with Crippen LogP contribution >= 0.6 is 15.9 Å². The number of nitrogens with zero attached hydrogens (tertiary/aromatic N) is 1. The highest BCUT2D eigenvalue weighted by Gasteiger charge is 2.23. The van der Waals surface area contributed by atoms with Gasteiger partial charge in [-0.25, -0.2) is 4.79 Å². The van der Waals surface area contributed by atoms with Gasteiger partial charge in [-0.2, -0.15) is 0 Å². The molecule has 4 nitrogen and oxygen atoms in total. The summed E-state index contributed by atoms with van der Waals surface area (Å²) in [6.45, 7) is 1.35. The largest absolute Gasteiger partial charge is 0.357 e. The Morgan fingerprint density at radius 1 is 1.13 bits per heavy atom. The van der Waals surface area contributed by atoms with E-state index in [9.17, 15) is 4.79 Å². The van der Waals surface area contributed by atoms with E-state index in [4.69, 9.17) is 0 Å². The van der Waals surface area contributed by atoms with E-state index in [-0.39, 0.29) is 6.03 Å². The molecule has 0 unspecified atom stereocenters. The zero-order valence-corrected chi connectivity index (χ0v) is 14.1. The number of hydrogen-bond acceptors (Lipinski definition) is 1. The average Bonchev–Trinajstić information content (AvgIpc) is 2.94. The summed E-state index contributed by atoms with van der Waals surface area (Å²) in [4.78, 5) is 17.8. The van der Waals surface area contributed by atoms with Crippen LogP contribution < -0.4 is 5.32 Å². The minimum absolute atomic E-state index is 0.0587. The number of aromatic nitrogens is 1. The monoisotopic (exact) mass is 369 g/mol. The maximum absolute atomic E-state index is 12.5. The smallest absolute Gasteiger partial charge is 0.322 e. The summed E-state index contributed by atoms with van der Waals surface area (Å²) in [5.41, 5.74) is 4.44. The SMILES string of the molecule is O=C(Nc1ccc(Br)cc1)N1CCc2c([nH]c3ccccc23)C1. The van der Waals surface area contributed by atoms with Crippen molar-refractivity contribution in [3.63, 3.8) is 0 Å². The molecule has 0 radical (unpaired) electrons. The van der Waals surface area contributed by atoms with E-state index < -0.39 is 0 Å². The van der Waals surface area contributed by atoms with Gasteiger partial charge in [-0.05, 0) is 42.3 Å². The number of urea groups is 1. The summed E-state index contributed by atoms with van der Waals surface area (Å²) in [6, 6.07) is 15.9. The predicted octanol–water partition coefficient (Wildman–Crippen LogP) is 4.52. The molecule has 2 heterocycles. The first-order valence-corrected chi connectivity index (χ1v) is 8.40. The van der Waals surface area contributed by atoms with Crippen molar-refractivity contribution in [2.45, 2.75) is 13.0 Å². The first-order valence-electron chi connectivity index (χ1n) is 7.60. The molecule has 0 bridgehead atoms. The van der Waals surface area contributed by atoms with Crippen molar-refractivity contribution < 1.29 is 4.79 Å². The Kier molecular flexibility index (Phi) is 3.58. The first-order chi connectivity index (χ1) is 11.2. The number of nitrogens with one attached hydrogen (secondary N) is 2. The minimum atomic E-state index is -0.0587. The van der Waals surface area contributed by atoms with Crippen LogP contribution in [-0.2, 0) is 13.0 Å². The zero-order chi connectivity index (χ0) is 15.8. The van der Waals surface area contributed by atoms with Gasteiger partial charge in [0.2, 0.25) is 0 Å². The highest BCUT2D eigenvalue weighted by molar-refractivity contribution is 9.10. The number of carbonyl (C=O) groups excluding carboxylic acids is 1. The summed E-state index contributed by atoms with van der Waals surface area (Å²) < 4.78 is 0.996. The van der Waals surface area contributed by atoms with Gasteiger partial charge in [0, 0.05) is 33.3 Å². The fourth-order valence-electron chi connectivity index (χ4n) is 3.10. The van der Waals surface area contributed by atoms with Gasteiger partial charge in [-0.15, -0.1) is 0 Å². The third-order valence-corrected chi connectivity index (χ3v) is 4.79. The number of aromatic amines is 1. The number of halogens is 1. The summed E-state index contributed by atoms with van der Waals surface area (Å²) >= 11 is 3.40. The van der Waals surface area contributed by atoms with E-state index in [1.807, 2.05) is 35.2 Å². The van der Waals surface area contributed by atoms with Crippen LogP contribution in [0.5, 0.6) is 0 Å². The molecule has 2 aromatic carbocycles. The van der Waals surface area contributed by atoms with Crippen molar-refractivity contribution >= 4 is 38.6 Å². The molecule has 0 atom stereocenters. The van der Waals surface area contributed by atoms with Crippen molar-refractivity contribution in [1.29, 1.82) is 0 Å². The quantitative estimate of drug-likeness (QED) is 0.650. The lowest BCUT2D eigenvalue weighted by molar-refractivity contribution is 0.206. The molecule has 0 aliphatic carbocycles. The molecule has 2 N–H and O–H groups in total. The van der Waals surface area contributed by atoms with Crippen LogP contribution in [0, 0.1) is 0 Å². The lowest BCUT2D eigenvalue weighted by atomic mass is 10.0. The third-order valence-electron chi connectivity index (χ3n) is 4.27. The van der Waals surface area contributed by atoms with E-state index in [0.29, 0.717) is 6.54 Å². The van der Waals surface area contributed by atoms with Gasteiger partial charge >= 0.3 is 6.03 Å². The highest BCUT2D eigenvalue weighted by atomic mass is 79.9. The Balaban J connectivity index is 1.53. The topological polar surface area (TPSA) is 48.1 Å². The second-order valence-corrected chi connectivity index (χ2v) is 6.65. The fraction of sp³-hybridized carbons (Fsp3) is 0.167. The molecule has 1 aliphatic rings. The van der Waals surface area contributed by atoms with Crippen molar-refractivity contribution in [3.8, 4) is 0 Å². The van der Waals surface area contributed by atoms with Crippen LogP contribution in [0.2, 0.25) is 0 Å². The van der Waals surface area contributed by atoms with Crippen molar-refractivity contribution in [2.24, 2.45) is 0 Å². The van der Waals surface area contributed by atoms with Crippen LogP contribution in [-0.4, -0.2) is 22.5 Å². The number of amides is 2. The second-order valence-electron chi connectivity index (χ2n) is 5.74. The van der Waals surface area contributed by atoms with Crippen LogP contribution in [0.15, 0.2) is 53.0 Å². The maximum atomic E-state index is 12.5. The molecule has 1 aromatic heterocycles. The van der Waals surface area contributed by atoms with Gasteiger partial charge in [0.15, 0.2) is 0 Å². The zero-order valence-electron chi connectivity index (χ0n) is 12.5. The standard InChI is InChI=1S/C18H16BrN3O/c19-12-5-7-13(8-6-12)20-18(23)22-10-9-15-14-3-1-2-4-16(14)21-17(15)11-22/h1-8,21H,9-11H2,(H,20,23). The van der Waals surface area contributed by atoms with Crippen molar-refractivity contribution in [1.82, 2.24) is 9.88 Å². The molecule has 0 saturated heterocycles. The highest BCUT2D eigenvalue weighted by Crippen LogP contribution is 2.27.